The number of carbonyl (C=O) groups is 1. The quantitative estimate of drug-likeness (QED) is 0.796. The molecule has 0 radical (unpaired) electrons. The molecule has 0 aliphatic rings. The van der Waals surface area contributed by atoms with Gasteiger partial charge in [-0.2, -0.15) is 0 Å². The number of hydrogen-bond acceptors (Lipinski definition) is 3. The highest BCUT2D eigenvalue weighted by Crippen LogP contribution is 2.27. The van der Waals surface area contributed by atoms with Crippen LogP contribution in [-0.4, -0.2) is 25.1 Å². The second-order valence-corrected chi connectivity index (χ2v) is 5.77. The molecule has 0 bridgehead atoms. The van der Waals surface area contributed by atoms with Gasteiger partial charge in [0.15, 0.2) is 0 Å². The van der Waals surface area contributed by atoms with Crippen LogP contribution in [0.15, 0.2) is 22.7 Å². The SMILES string of the molecule is CCCC(C)NC(=O)C(C)Nc1ccc(OC)c(Br)c1. The lowest BCUT2D eigenvalue weighted by Crippen LogP contribution is -2.42. The third-order valence-corrected chi connectivity index (χ3v) is 3.66. The van der Waals surface area contributed by atoms with Gasteiger partial charge in [0.05, 0.1) is 11.6 Å². The van der Waals surface area contributed by atoms with Gasteiger partial charge in [-0.15, -0.1) is 0 Å². The van der Waals surface area contributed by atoms with Crippen molar-refractivity contribution in [2.75, 3.05) is 12.4 Å². The van der Waals surface area contributed by atoms with Crippen LogP contribution in [-0.2, 0) is 4.79 Å². The number of ether oxygens (including phenoxy) is 1. The fraction of sp³-hybridized carbons (Fsp3) is 0.533. The van der Waals surface area contributed by atoms with Crippen LogP contribution in [0.3, 0.4) is 0 Å². The van der Waals surface area contributed by atoms with Crippen molar-refractivity contribution in [3.05, 3.63) is 22.7 Å². The van der Waals surface area contributed by atoms with Crippen molar-refractivity contribution in [3.63, 3.8) is 0 Å². The first-order chi connectivity index (χ1) is 9.47. The van der Waals surface area contributed by atoms with Crippen molar-refractivity contribution in [1.82, 2.24) is 5.32 Å². The molecule has 1 amide bonds. The van der Waals surface area contributed by atoms with Gasteiger partial charge in [-0.3, -0.25) is 4.79 Å². The Hall–Kier alpha value is -1.23. The molecule has 0 aliphatic heterocycles. The second kappa shape index (κ2) is 8.15. The summed E-state index contributed by atoms with van der Waals surface area (Å²) in [6.07, 6.45) is 2.06. The maximum atomic E-state index is 12.0. The van der Waals surface area contributed by atoms with E-state index in [-0.39, 0.29) is 18.0 Å². The van der Waals surface area contributed by atoms with Crippen molar-refractivity contribution < 1.29 is 9.53 Å². The van der Waals surface area contributed by atoms with E-state index in [0.29, 0.717) is 0 Å². The molecule has 2 N–H and O–H groups in total. The lowest BCUT2D eigenvalue weighted by molar-refractivity contribution is -0.122. The van der Waals surface area contributed by atoms with Crippen molar-refractivity contribution >= 4 is 27.5 Å². The molecule has 20 heavy (non-hydrogen) atoms. The third-order valence-electron chi connectivity index (χ3n) is 3.04. The number of carbonyl (C=O) groups excluding carboxylic acids is 1. The summed E-state index contributed by atoms with van der Waals surface area (Å²) in [6.45, 7) is 5.99. The maximum Gasteiger partial charge on any atom is 0.242 e. The fourth-order valence-electron chi connectivity index (χ4n) is 1.94. The summed E-state index contributed by atoms with van der Waals surface area (Å²) in [5.41, 5.74) is 0.878. The van der Waals surface area contributed by atoms with Crippen LogP contribution in [0.25, 0.3) is 0 Å². The van der Waals surface area contributed by atoms with Crippen molar-refractivity contribution in [3.8, 4) is 5.75 Å². The smallest absolute Gasteiger partial charge is 0.242 e. The van der Waals surface area contributed by atoms with Gasteiger partial charge < -0.3 is 15.4 Å². The van der Waals surface area contributed by atoms with E-state index in [1.165, 1.54) is 0 Å². The van der Waals surface area contributed by atoms with E-state index in [4.69, 9.17) is 4.74 Å². The zero-order valence-electron chi connectivity index (χ0n) is 12.5. The molecule has 112 valence electrons. The molecule has 5 heteroatoms. The summed E-state index contributed by atoms with van der Waals surface area (Å²) in [5, 5.41) is 6.18. The third kappa shape index (κ3) is 5.04. The van der Waals surface area contributed by atoms with E-state index >= 15 is 0 Å². The Kier molecular flexibility index (Phi) is 6.85. The Labute approximate surface area is 129 Å². The van der Waals surface area contributed by atoms with Crippen LogP contribution in [0.4, 0.5) is 5.69 Å². The Morgan fingerprint density at radius 2 is 2.10 bits per heavy atom. The van der Waals surface area contributed by atoms with Gasteiger partial charge >= 0.3 is 0 Å². The standard InChI is InChI=1S/C15H23BrN2O2/c1-5-6-10(2)17-15(19)11(3)18-12-7-8-14(20-4)13(16)9-12/h7-11,18H,5-6H2,1-4H3,(H,17,19). The summed E-state index contributed by atoms with van der Waals surface area (Å²) in [4.78, 5) is 12.0. The molecule has 1 aromatic carbocycles. The summed E-state index contributed by atoms with van der Waals surface area (Å²) in [7, 11) is 1.62. The molecule has 1 aromatic rings. The Balaban J connectivity index is 2.59. The van der Waals surface area contributed by atoms with E-state index in [2.05, 4.69) is 33.5 Å². The Bertz CT molecular complexity index is 451. The fourth-order valence-corrected chi connectivity index (χ4v) is 2.49. The van der Waals surface area contributed by atoms with E-state index in [0.717, 1.165) is 28.8 Å². The van der Waals surface area contributed by atoms with Gasteiger partial charge in [-0.05, 0) is 54.4 Å². The number of nitrogens with one attached hydrogen (secondary N) is 2. The topological polar surface area (TPSA) is 50.4 Å². The van der Waals surface area contributed by atoms with Crippen LogP contribution in [0.1, 0.15) is 33.6 Å². The van der Waals surface area contributed by atoms with Gasteiger partial charge in [-0.25, -0.2) is 0 Å². The minimum atomic E-state index is -0.283. The highest BCUT2D eigenvalue weighted by molar-refractivity contribution is 9.10. The van der Waals surface area contributed by atoms with Gasteiger partial charge in [-0.1, -0.05) is 13.3 Å². The average Bonchev–Trinajstić information content (AvgIpc) is 2.39. The number of anilines is 1. The normalized spacial score (nSPS) is 13.4. The highest BCUT2D eigenvalue weighted by Gasteiger charge is 2.15. The number of amides is 1. The number of hydrogen-bond donors (Lipinski definition) is 2. The molecule has 0 fully saturated rings. The van der Waals surface area contributed by atoms with Crippen LogP contribution in [0, 0.1) is 0 Å². The van der Waals surface area contributed by atoms with Gasteiger partial charge in [0, 0.05) is 11.7 Å². The zero-order valence-corrected chi connectivity index (χ0v) is 14.1. The Morgan fingerprint density at radius 3 is 2.65 bits per heavy atom. The summed E-state index contributed by atoms with van der Waals surface area (Å²) >= 11 is 3.43. The predicted octanol–water partition coefficient (Wildman–Crippen LogP) is 3.56. The minimum absolute atomic E-state index is 0.0119. The largest absolute Gasteiger partial charge is 0.496 e. The molecule has 0 aromatic heterocycles. The second-order valence-electron chi connectivity index (χ2n) is 4.91. The molecule has 0 aliphatic carbocycles. The lowest BCUT2D eigenvalue weighted by Gasteiger charge is -2.19. The summed E-state index contributed by atoms with van der Waals surface area (Å²) in [6, 6.07) is 5.58. The van der Waals surface area contributed by atoms with Crippen LogP contribution in [0.5, 0.6) is 5.75 Å². The van der Waals surface area contributed by atoms with Gasteiger partial charge in [0.25, 0.3) is 0 Å². The highest BCUT2D eigenvalue weighted by atomic mass is 79.9. The molecule has 4 nitrogen and oxygen atoms in total. The monoisotopic (exact) mass is 342 g/mol. The molecule has 1 rings (SSSR count). The lowest BCUT2D eigenvalue weighted by atomic mass is 10.2. The summed E-state index contributed by atoms with van der Waals surface area (Å²) in [5.74, 6) is 0.780. The predicted molar refractivity (Wildman–Crippen MR) is 86.3 cm³/mol. The average molecular weight is 343 g/mol. The molecule has 2 atom stereocenters. The zero-order chi connectivity index (χ0) is 15.1. The molecule has 0 heterocycles. The van der Waals surface area contributed by atoms with E-state index in [9.17, 15) is 4.79 Å². The summed E-state index contributed by atoms with van der Waals surface area (Å²) < 4.78 is 6.04. The number of benzene rings is 1. The number of halogens is 1. The maximum absolute atomic E-state index is 12.0. The molecular formula is C15H23BrN2O2. The van der Waals surface area contributed by atoms with Gasteiger partial charge in [0.1, 0.15) is 11.8 Å². The Morgan fingerprint density at radius 1 is 1.40 bits per heavy atom. The van der Waals surface area contributed by atoms with Gasteiger partial charge in [0.2, 0.25) is 5.91 Å². The first-order valence-corrected chi connectivity index (χ1v) is 7.67. The number of methoxy groups -OCH3 is 1. The van der Waals surface area contributed by atoms with E-state index in [1.54, 1.807) is 7.11 Å². The molecule has 2 unspecified atom stereocenters. The van der Waals surface area contributed by atoms with Crippen LogP contribution >= 0.6 is 15.9 Å². The van der Waals surface area contributed by atoms with Crippen LogP contribution in [0.2, 0.25) is 0 Å². The van der Waals surface area contributed by atoms with Crippen molar-refractivity contribution in [1.29, 1.82) is 0 Å². The molecule has 0 saturated heterocycles. The van der Waals surface area contributed by atoms with Crippen molar-refractivity contribution in [2.45, 2.75) is 45.7 Å². The molecule has 0 spiro atoms. The number of rotatable bonds is 7. The van der Waals surface area contributed by atoms with Crippen LogP contribution < -0.4 is 15.4 Å². The van der Waals surface area contributed by atoms with Crippen molar-refractivity contribution in [2.24, 2.45) is 0 Å². The molecular weight excluding hydrogens is 320 g/mol. The van der Waals surface area contributed by atoms with E-state index in [1.807, 2.05) is 32.0 Å². The minimum Gasteiger partial charge on any atom is -0.496 e. The first kappa shape index (κ1) is 16.8. The van der Waals surface area contributed by atoms with E-state index < -0.39 is 0 Å². The molecule has 0 saturated carbocycles. The first-order valence-electron chi connectivity index (χ1n) is 6.88.